The molecule has 84 heavy (non-hydrogen) atoms. The van der Waals surface area contributed by atoms with E-state index in [9.17, 15) is 43.2 Å². The predicted octanol–water partition coefficient (Wildman–Crippen LogP) is 18.2. The molecule has 0 spiro atoms. The van der Waals surface area contributed by atoms with Crippen molar-refractivity contribution in [3.05, 3.63) is 0 Å². The summed E-state index contributed by atoms with van der Waals surface area (Å²) in [4.78, 5) is 72.0. The van der Waals surface area contributed by atoms with Gasteiger partial charge in [0.25, 0.3) is 0 Å². The molecule has 0 aromatic rings. The first-order valence-corrected chi connectivity index (χ1v) is 37.2. The van der Waals surface area contributed by atoms with Crippen LogP contribution < -0.4 is 0 Å². The van der Waals surface area contributed by atoms with E-state index in [4.69, 9.17) is 37.0 Å². The Kier molecular flexibility index (Phi) is 57.4. The molecule has 3 N–H and O–H groups in total. The van der Waals surface area contributed by atoms with Crippen LogP contribution in [0.2, 0.25) is 0 Å². The molecule has 19 heteroatoms. The van der Waals surface area contributed by atoms with Crippen LogP contribution in [0.15, 0.2) is 0 Å². The Morgan fingerprint density at radius 3 is 0.845 bits per heavy atom. The largest absolute Gasteiger partial charge is 0.472 e. The van der Waals surface area contributed by atoms with Gasteiger partial charge in [0.15, 0.2) is 12.2 Å². The average molecular weight is 1240 g/mol. The van der Waals surface area contributed by atoms with E-state index in [0.717, 1.165) is 102 Å². The maximum atomic E-state index is 13.0. The molecule has 498 valence electrons. The molecule has 0 bridgehead atoms. The van der Waals surface area contributed by atoms with Crippen LogP contribution in [0.1, 0.15) is 330 Å². The first kappa shape index (κ1) is 82.1. The topological polar surface area (TPSA) is 237 Å². The van der Waals surface area contributed by atoms with Crippen molar-refractivity contribution in [2.75, 3.05) is 39.6 Å². The lowest BCUT2D eigenvalue weighted by Gasteiger charge is -2.21. The quantitative estimate of drug-likeness (QED) is 0.0222. The lowest BCUT2D eigenvalue weighted by atomic mass is 9.99. The summed E-state index contributed by atoms with van der Waals surface area (Å²) < 4.78 is 67.8. The van der Waals surface area contributed by atoms with Crippen molar-refractivity contribution in [3.63, 3.8) is 0 Å². The third-order valence-corrected chi connectivity index (χ3v) is 17.3. The Morgan fingerprint density at radius 2 is 0.571 bits per heavy atom. The Labute approximate surface area is 511 Å². The Hall–Kier alpha value is -1.94. The van der Waals surface area contributed by atoms with E-state index in [0.29, 0.717) is 25.7 Å². The minimum atomic E-state index is -4.94. The van der Waals surface area contributed by atoms with Crippen LogP contribution in [0.25, 0.3) is 0 Å². The molecule has 0 aliphatic carbocycles. The average Bonchev–Trinajstić information content (AvgIpc) is 3.65. The van der Waals surface area contributed by atoms with Crippen LogP contribution in [0.5, 0.6) is 0 Å². The molecule has 0 saturated heterocycles. The van der Waals surface area contributed by atoms with E-state index >= 15 is 0 Å². The van der Waals surface area contributed by atoms with Crippen LogP contribution in [0.4, 0.5) is 0 Å². The molecule has 0 aliphatic rings. The summed E-state index contributed by atoms with van der Waals surface area (Å²) >= 11 is 0. The summed E-state index contributed by atoms with van der Waals surface area (Å²) in [5, 5.41) is 10.5. The molecule has 0 saturated carbocycles. The summed E-state index contributed by atoms with van der Waals surface area (Å²) in [6.45, 7) is 7.13. The van der Waals surface area contributed by atoms with Crippen LogP contribution in [-0.4, -0.2) is 96.7 Å². The van der Waals surface area contributed by atoms with Crippen molar-refractivity contribution in [1.29, 1.82) is 0 Å². The molecule has 17 nitrogen and oxygen atoms in total. The minimum absolute atomic E-state index is 0.105. The van der Waals surface area contributed by atoms with Crippen molar-refractivity contribution in [2.45, 2.75) is 348 Å². The molecule has 6 atom stereocenters. The summed E-state index contributed by atoms with van der Waals surface area (Å²) in [7, 11) is -9.88. The molecule has 0 aliphatic heterocycles. The lowest BCUT2D eigenvalue weighted by Crippen LogP contribution is -2.30. The van der Waals surface area contributed by atoms with Gasteiger partial charge in [0.2, 0.25) is 0 Å². The number of hydrogen-bond donors (Lipinski definition) is 3. The van der Waals surface area contributed by atoms with E-state index in [1.165, 1.54) is 148 Å². The van der Waals surface area contributed by atoms with E-state index in [-0.39, 0.29) is 25.7 Å². The van der Waals surface area contributed by atoms with Gasteiger partial charge in [0, 0.05) is 25.7 Å². The molecule has 0 amide bonds. The molecule has 0 radical (unpaired) electrons. The van der Waals surface area contributed by atoms with Gasteiger partial charge in [-0.1, -0.05) is 279 Å². The maximum Gasteiger partial charge on any atom is 0.472 e. The number of carbonyl (C=O) groups excluding carboxylic acids is 4. The van der Waals surface area contributed by atoms with Gasteiger partial charge in [-0.3, -0.25) is 37.3 Å². The van der Waals surface area contributed by atoms with Gasteiger partial charge in [-0.2, -0.15) is 0 Å². The number of aliphatic hydroxyl groups is 1. The fourth-order valence-corrected chi connectivity index (χ4v) is 11.3. The SMILES string of the molecule is CCCCCCCCCCCCCCCCCCC(=O)O[C@H](COC(=O)CCCCCCCCCCCCC(C)CC)COP(=O)(O)OC[C@@H](O)COP(=O)(O)OC[C@@H](COC(=O)CCCCCCC)OC(=O)CCCCCCCCCCC. The highest BCUT2D eigenvalue weighted by Crippen LogP contribution is 2.45. The van der Waals surface area contributed by atoms with Gasteiger partial charge in [-0.25, -0.2) is 9.13 Å². The standard InChI is InChI=1S/C65H126O17P2/c1-6-10-13-16-18-20-21-22-23-24-25-26-32-36-41-46-51-65(70)82-61(55-76-63(68)49-44-39-34-31-28-27-30-33-38-42-47-58(5)9-4)57-80-84(73,74)78-53-59(66)52-77-83(71,72)79-56-60(54-75-62(67)48-43-37-15-12-8-3)81-64(69)50-45-40-35-29-19-17-14-11-7-2/h58-61,66H,6-57H2,1-5H3,(H,71,72)(H,73,74)/t58?,59-,60+,61+/m0/s1. The number of aliphatic hydroxyl groups excluding tert-OH is 1. The van der Waals surface area contributed by atoms with Crippen molar-refractivity contribution in [3.8, 4) is 0 Å². The molecule has 0 fully saturated rings. The van der Waals surface area contributed by atoms with Crippen LogP contribution in [0.3, 0.4) is 0 Å². The van der Waals surface area contributed by atoms with Crippen molar-refractivity contribution in [1.82, 2.24) is 0 Å². The number of carbonyl (C=O) groups is 4. The fourth-order valence-electron chi connectivity index (χ4n) is 9.73. The van der Waals surface area contributed by atoms with Crippen molar-refractivity contribution < 1.29 is 80.2 Å². The maximum absolute atomic E-state index is 13.0. The van der Waals surface area contributed by atoms with Crippen molar-refractivity contribution >= 4 is 39.5 Å². The number of phosphoric ester groups is 2. The zero-order valence-corrected chi connectivity index (χ0v) is 55.8. The van der Waals surface area contributed by atoms with Crippen LogP contribution >= 0.6 is 15.6 Å². The zero-order chi connectivity index (χ0) is 62.0. The van der Waals surface area contributed by atoms with Gasteiger partial charge < -0.3 is 33.8 Å². The predicted molar refractivity (Wildman–Crippen MR) is 335 cm³/mol. The number of unbranched alkanes of at least 4 members (excludes halogenated alkanes) is 36. The van der Waals surface area contributed by atoms with E-state index < -0.39 is 97.5 Å². The van der Waals surface area contributed by atoms with E-state index in [2.05, 4.69) is 34.6 Å². The van der Waals surface area contributed by atoms with Gasteiger partial charge in [0.05, 0.1) is 26.4 Å². The molecular weight excluding hydrogens is 1110 g/mol. The summed E-state index contributed by atoms with van der Waals surface area (Å²) in [5.74, 6) is -1.33. The normalized spacial score (nSPS) is 14.5. The summed E-state index contributed by atoms with van der Waals surface area (Å²) in [6, 6.07) is 0. The lowest BCUT2D eigenvalue weighted by molar-refractivity contribution is -0.161. The second-order valence-electron chi connectivity index (χ2n) is 23.7. The number of hydrogen-bond acceptors (Lipinski definition) is 15. The first-order valence-electron chi connectivity index (χ1n) is 34.2. The molecular formula is C65H126O17P2. The minimum Gasteiger partial charge on any atom is -0.462 e. The monoisotopic (exact) mass is 1240 g/mol. The summed E-state index contributed by atoms with van der Waals surface area (Å²) in [5.41, 5.74) is 0. The molecule has 0 aromatic heterocycles. The third-order valence-electron chi connectivity index (χ3n) is 15.4. The highest BCUT2D eigenvalue weighted by atomic mass is 31.2. The van der Waals surface area contributed by atoms with Crippen molar-refractivity contribution in [2.24, 2.45) is 5.92 Å². The fraction of sp³-hybridized carbons (Fsp3) is 0.938. The molecule has 3 unspecified atom stereocenters. The second kappa shape index (κ2) is 58.7. The molecule has 0 heterocycles. The molecule has 0 rings (SSSR count). The van der Waals surface area contributed by atoms with Gasteiger partial charge in [-0.15, -0.1) is 0 Å². The smallest absolute Gasteiger partial charge is 0.462 e. The molecule has 0 aromatic carbocycles. The van der Waals surface area contributed by atoms with E-state index in [1.54, 1.807) is 0 Å². The Morgan fingerprint density at radius 1 is 0.333 bits per heavy atom. The number of ether oxygens (including phenoxy) is 4. The number of rotatable bonds is 65. The summed E-state index contributed by atoms with van der Waals surface area (Å²) in [6.07, 6.45) is 43.3. The first-order chi connectivity index (χ1) is 40.6. The van der Waals surface area contributed by atoms with Gasteiger partial charge in [-0.05, 0) is 31.6 Å². The Balaban J connectivity index is 5.16. The van der Waals surface area contributed by atoms with Crippen LogP contribution in [0, 0.1) is 5.92 Å². The van der Waals surface area contributed by atoms with E-state index in [1.807, 2.05) is 0 Å². The second-order valence-corrected chi connectivity index (χ2v) is 26.7. The Bertz CT molecular complexity index is 1640. The number of phosphoric acid groups is 2. The highest BCUT2D eigenvalue weighted by molar-refractivity contribution is 7.47. The number of esters is 4. The van der Waals surface area contributed by atoms with Gasteiger partial charge >= 0.3 is 39.5 Å². The zero-order valence-electron chi connectivity index (χ0n) is 54.0. The third kappa shape index (κ3) is 57.8. The highest BCUT2D eigenvalue weighted by Gasteiger charge is 2.30. The van der Waals surface area contributed by atoms with Gasteiger partial charge in [0.1, 0.15) is 19.3 Å². The van der Waals surface area contributed by atoms with Crippen LogP contribution in [-0.2, 0) is 65.4 Å².